The zero-order valence-corrected chi connectivity index (χ0v) is 21.0. The van der Waals surface area contributed by atoms with Gasteiger partial charge in [0.05, 0.1) is 6.61 Å². The number of anilines is 1. The van der Waals surface area contributed by atoms with E-state index in [0.717, 1.165) is 43.1 Å². The van der Waals surface area contributed by atoms with Gasteiger partial charge in [-0.1, -0.05) is 18.2 Å². The minimum absolute atomic E-state index is 0.115. The van der Waals surface area contributed by atoms with E-state index in [0.29, 0.717) is 18.7 Å². The molecule has 4 rings (SSSR count). The molecule has 1 amide bonds. The number of rotatable bonds is 7. The predicted molar refractivity (Wildman–Crippen MR) is 141 cm³/mol. The standard InChI is InChI=1S/C28H33N5O2/c1-20(25(19-29)28(34)30-11-16-35-4)26-9-10-27(32(26)3)23-6-5-22-18-24(8-7-21(22)17-23)33-14-12-31(2)13-15-33/h5-10,17-18H,11-16H2,1-4H3,(H,30,34)/b25-20+. The summed E-state index contributed by atoms with van der Waals surface area (Å²) in [6.07, 6.45) is 0. The number of amides is 1. The number of carbonyl (C=O) groups excluding carboxylic acids is 1. The summed E-state index contributed by atoms with van der Waals surface area (Å²) < 4.78 is 7.01. The smallest absolute Gasteiger partial charge is 0.262 e. The van der Waals surface area contributed by atoms with Crippen molar-refractivity contribution in [3.63, 3.8) is 0 Å². The van der Waals surface area contributed by atoms with Gasteiger partial charge in [-0.25, -0.2) is 0 Å². The topological polar surface area (TPSA) is 73.5 Å². The summed E-state index contributed by atoms with van der Waals surface area (Å²) in [5, 5.41) is 14.8. The fourth-order valence-corrected chi connectivity index (χ4v) is 4.62. The summed E-state index contributed by atoms with van der Waals surface area (Å²) in [5.74, 6) is -0.383. The number of fused-ring (bicyclic) bond motifs is 1. The molecular weight excluding hydrogens is 438 g/mol. The molecule has 2 aromatic carbocycles. The molecule has 1 aromatic heterocycles. The molecule has 0 atom stereocenters. The van der Waals surface area contributed by atoms with Crippen molar-refractivity contribution in [1.82, 2.24) is 14.8 Å². The second-order valence-corrected chi connectivity index (χ2v) is 9.06. The Morgan fingerprint density at radius 3 is 2.46 bits per heavy atom. The second kappa shape index (κ2) is 10.8. The zero-order chi connectivity index (χ0) is 24.9. The van der Waals surface area contributed by atoms with Crippen molar-refractivity contribution in [3.05, 3.63) is 59.8 Å². The van der Waals surface area contributed by atoms with Crippen molar-refractivity contribution < 1.29 is 9.53 Å². The van der Waals surface area contributed by atoms with Gasteiger partial charge in [-0.3, -0.25) is 4.79 Å². The lowest BCUT2D eigenvalue weighted by Gasteiger charge is -2.34. The average Bonchev–Trinajstić information content (AvgIpc) is 3.25. The first-order valence-corrected chi connectivity index (χ1v) is 11.9. The molecule has 1 aliphatic heterocycles. The van der Waals surface area contributed by atoms with Gasteiger partial charge in [-0.05, 0) is 66.2 Å². The lowest BCUT2D eigenvalue weighted by atomic mass is 10.0. The number of ether oxygens (including phenoxy) is 1. The van der Waals surface area contributed by atoms with Crippen molar-refractivity contribution in [2.75, 3.05) is 58.4 Å². The zero-order valence-electron chi connectivity index (χ0n) is 21.0. The van der Waals surface area contributed by atoms with Crippen LogP contribution in [0.1, 0.15) is 12.6 Å². The normalized spacial score (nSPS) is 15.1. The average molecular weight is 472 g/mol. The Kier molecular flexibility index (Phi) is 7.54. The van der Waals surface area contributed by atoms with Crippen LogP contribution in [0.25, 0.3) is 27.6 Å². The van der Waals surface area contributed by atoms with E-state index in [1.807, 2.05) is 30.7 Å². The summed E-state index contributed by atoms with van der Waals surface area (Å²) in [7, 11) is 5.71. The number of nitriles is 1. The van der Waals surface area contributed by atoms with Crippen molar-refractivity contribution in [2.45, 2.75) is 6.92 Å². The van der Waals surface area contributed by atoms with Gasteiger partial charge in [0.15, 0.2) is 0 Å². The minimum Gasteiger partial charge on any atom is -0.383 e. The van der Waals surface area contributed by atoms with Crippen molar-refractivity contribution in [1.29, 1.82) is 5.26 Å². The van der Waals surface area contributed by atoms with Crippen LogP contribution in [0.3, 0.4) is 0 Å². The minimum atomic E-state index is -0.383. The van der Waals surface area contributed by atoms with Gasteiger partial charge in [0.2, 0.25) is 0 Å². The maximum Gasteiger partial charge on any atom is 0.262 e. The summed E-state index contributed by atoms with van der Waals surface area (Å²) in [4.78, 5) is 17.3. The van der Waals surface area contributed by atoms with Crippen molar-refractivity contribution in [2.24, 2.45) is 7.05 Å². The number of benzene rings is 2. The molecule has 7 heteroatoms. The first-order valence-electron chi connectivity index (χ1n) is 11.9. The Morgan fingerprint density at radius 1 is 1.03 bits per heavy atom. The van der Waals surface area contributed by atoms with E-state index in [1.54, 1.807) is 7.11 Å². The van der Waals surface area contributed by atoms with Crippen LogP contribution in [0.15, 0.2) is 54.1 Å². The maximum atomic E-state index is 12.5. The number of hydrogen-bond donors (Lipinski definition) is 1. The molecule has 0 unspecified atom stereocenters. The van der Waals surface area contributed by atoms with Gasteiger partial charge in [-0.2, -0.15) is 5.26 Å². The Balaban J connectivity index is 1.60. The molecule has 0 spiro atoms. The van der Waals surface area contributed by atoms with Crippen LogP contribution in [0.4, 0.5) is 5.69 Å². The van der Waals surface area contributed by atoms with E-state index in [9.17, 15) is 10.1 Å². The van der Waals surface area contributed by atoms with E-state index in [1.165, 1.54) is 16.5 Å². The molecule has 0 saturated carbocycles. The Hall–Kier alpha value is -3.60. The van der Waals surface area contributed by atoms with Crippen LogP contribution in [-0.2, 0) is 16.6 Å². The van der Waals surface area contributed by atoms with Crippen LogP contribution in [-0.4, -0.2) is 68.9 Å². The van der Waals surface area contributed by atoms with E-state index in [2.05, 4.69) is 64.6 Å². The molecule has 0 aliphatic carbocycles. The van der Waals surface area contributed by atoms with Gasteiger partial charge < -0.3 is 24.4 Å². The number of nitrogens with one attached hydrogen (secondary N) is 1. The summed E-state index contributed by atoms with van der Waals surface area (Å²) >= 11 is 0. The molecule has 3 aromatic rings. The maximum absolute atomic E-state index is 12.5. The molecular formula is C28H33N5O2. The summed E-state index contributed by atoms with van der Waals surface area (Å²) in [5.41, 5.74) is 4.99. The highest BCUT2D eigenvalue weighted by Crippen LogP contribution is 2.31. The molecule has 7 nitrogen and oxygen atoms in total. The summed E-state index contributed by atoms with van der Waals surface area (Å²) in [6.45, 7) is 6.85. The molecule has 0 radical (unpaired) electrons. The molecule has 35 heavy (non-hydrogen) atoms. The summed E-state index contributed by atoms with van der Waals surface area (Å²) in [6, 6.07) is 19.3. The monoisotopic (exact) mass is 471 g/mol. The number of carbonyl (C=O) groups is 1. The molecule has 1 aliphatic rings. The Bertz CT molecular complexity index is 1290. The number of allylic oxidation sites excluding steroid dienone is 1. The first-order chi connectivity index (χ1) is 16.9. The fourth-order valence-electron chi connectivity index (χ4n) is 4.62. The first kappa shape index (κ1) is 24.5. The highest BCUT2D eigenvalue weighted by Gasteiger charge is 2.18. The van der Waals surface area contributed by atoms with Crippen LogP contribution in [0.2, 0.25) is 0 Å². The Labute approximate surface area is 207 Å². The number of piperazine rings is 1. The van der Waals surface area contributed by atoms with E-state index >= 15 is 0 Å². The number of hydrogen-bond acceptors (Lipinski definition) is 5. The molecule has 0 bridgehead atoms. The number of nitrogens with zero attached hydrogens (tertiary/aromatic N) is 4. The number of likely N-dealkylation sites (N-methyl/N-ethyl adjacent to an activating group) is 1. The van der Waals surface area contributed by atoms with E-state index < -0.39 is 0 Å². The van der Waals surface area contributed by atoms with Crippen LogP contribution >= 0.6 is 0 Å². The highest BCUT2D eigenvalue weighted by molar-refractivity contribution is 6.04. The lowest BCUT2D eigenvalue weighted by Crippen LogP contribution is -2.44. The predicted octanol–water partition coefficient (Wildman–Crippen LogP) is 3.66. The van der Waals surface area contributed by atoms with Crippen LogP contribution in [0, 0.1) is 11.3 Å². The quantitative estimate of drug-likeness (QED) is 0.323. The van der Waals surface area contributed by atoms with Gasteiger partial charge in [0, 0.05) is 64.0 Å². The molecule has 1 fully saturated rings. The number of methoxy groups -OCH3 is 1. The molecule has 1 saturated heterocycles. The number of aromatic nitrogens is 1. The molecule has 2 heterocycles. The van der Waals surface area contributed by atoms with Gasteiger partial charge in [0.1, 0.15) is 11.6 Å². The van der Waals surface area contributed by atoms with E-state index in [-0.39, 0.29) is 11.5 Å². The van der Waals surface area contributed by atoms with Crippen LogP contribution < -0.4 is 10.2 Å². The molecule has 1 N–H and O–H groups in total. The van der Waals surface area contributed by atoms with Gasteiger partial charge in [0.25, 0.3) is 5.91 Å². The third kappa shape index (κ3) is 5.24. The highest BCUT2D eigenvalue weighted by atomic mass is 16.5. The van der Waals surface area contributed by atoms with E-state index in [4.69, 9.17) is 4.74 Å². The fraction of sp³-hybridized carbons (Fsp3) is 0.357. The SMILES string of the molecule is COCCNC(=O)/C(C#N)=C(\C)c1ccc(-c2ccc3cc(N4CCN(C)CC4)ccc3c2)n1C. The largest absolute Gasteiger partial charge is 0.383 e. The Morgan fingerprint density at radius 2 is 1.74 bits per heavy atom. The van der Waals surface area contributed by atoms with Crippen molar-refractivity contribution in [3.8, 4) is 17.3 Å². The van der Waals surface area contributed by atoms with Gasteiger partial charge in [-0.15, -0.1) is 0 Å². The van der Waals surface area contributed by atoms with Crippen molar-refractivity contribution >= 4 is 27.9 Å². The van der Waals surface area contributed by atoms with Gasteiger partial charge >= 0.3 is 0 Å². The molecule has 182 valence electrons. The second-order valence-electron chi connectivity index (χ2n) is 9.06. The van der Waals surface area contributed by atoms with Crippen LogP contribution in [0.5, 0.6) is 0 Å². The lowest BCUT2D eigenvalue weighted by molar-refractivity contribution is -0.117. The third-order valence-electron chi connectivity index (χ3n) is 6.80. The third-order valence-corrected chi connectivity index (χ3v) is 6.80.